The maximum atomic E-state index is 10.6. The second-order valence-corrected chi connectivity index (χ2v) is 3.33. The molecule has 0 saturated carbocycles. The Balaban J connectivity index is 0.00000196. The number of carbonyl (C=O) groups is 1. The minimum Gasteiger partial charge on any atom is -0.478 e. The van der Waals surface area contributed by atoms with Crippen LogP contribution < -0.4 is 4.18 Å². The van der Waals surface area contributed by atoms with Gasteiger partial charge in [-0.25, -0.2) is 4.79 Å². The molecule has 0 aliphatic heterocycles. The van der Waals surface area contributed by atoms with Gasteiger partial charge >= 0.3 is 16.4 Å². The van der Waals surface area contributed by atoms with Crippen molar-refractivity contribution in [2.75, 3.05) is 0 Å². The van der Waals surface area contributed by atoms with E-state index < -0.39 is 22.1 Å². The Morgan fingerprint density at radius 1 is 1.27 bits per heavy atom. The Kier molecular flexibility index (Phi) is 4.98. The molecule has 1 aromatic rings. The second-order valence-electron chi connectivity index (χ2n) is 2.31. The van der Waals surface area contributed by atoms with Gasteiger partial charge in [-0.05, 0) is 12.1 Å². The number of aromatic carboxylic acids is 1. The monoisotopic (exact) mass is 325 g/mol. The first-order chi connectivity index (χ1) is 6.40. The SMILES string of the molecule is O=C(O)c1ccccc1OS(=O)(=O)O.[Ag]. The van der Waals surface area contributed by atoms with Crippen molar-refractivity contribution in [3.63, 3.8) is 0 Å². The van der Waals surface area contributed by atoms with Crippen LogP contribution in [-0.4, -0.2) is 24.0 Å². The zero-order valence-corrected chi connectivity index (χ0v) is 9.35. The predicted octanol–water partition coefficient (Wildman–Crippen LogP) is 0.564. The molecule has 1 radical (unpaired) electrons. The molecule has 0 heterocycles. The third-order valence-electron chi connectivity index (χ3n) is 1.31. The van der Waals surface area contributed by atoms with E-state index in [1.165, 1.54) is 12.1 Å². The summed E-state index contributed by atoms with van der Waals surface area (Å²) in [6.07, 6.45) is 0. The molecule has 0 saturated heterocycles. The molecule has 0 aromatic heterocycles. The van der Waals surface area contributed by atoms with Crippen molar-refractivity contribution in [3.05, 3.63) is 29.8 Å². The van der Waals surface area contributed by atoms with Crippen LogP contribution in [0.4, 0.5) is 0 Å². The fraction of sp³-hybridized carbons (Fsp3) is 0. The van der Waals surface area contributed by atoms with Gasteiger partial charge in [0.1, 0.15) is 5.56 Å². The van der Waals surface area contributed by atoms with E-state index in [-0.39, 0.29) is 27.9 Å². The number of rotatable bonds is 3. The van der Waals surface area contributed by atoms with Gasteiger partial charge in [0.25, 0.3) is 0 Å². The third kappa shape index (κ3) is 4.45. The van der Waals surface area contributed by atoms with Gasteiger partial charge in [-0.1, -0.05) is 12.1 Å². The molecule has 0 atom stereocenters. The van der Waals surface area contributed by atoms with Crippen LogP contribution in [0.25, 0.3) is 0 Å². The van der Waals surface area contributed by atoms with Crippen LogP contribution in [0.5, 0.6) is 5.75 Å². The van der Waals surface area contributed by atoms with Crippen LogP contribution in [0.15, 0.2) is 24.3 Å². The topological polar surface area (TPSA) is 101 Å². The summed E-state index contributed by atoms with van der Waals surface area (Å²) in [5.74, 6) is -1.77. The molecule has 87 valence electrons. The van der Waals surface area contributed by atoms with Crippen molar-refractivity contribution < 1.29 is 49.4 Å². The smallest absolute Gasteiger partial charge is 0.446 e. The minimum atomic E-state index is -4.70. The number of para-hydroxylation sites is 1. The molecule has 2 N–H and O–H groups in total. The zero-order chi connectivity index (χ0) is 10.8. The van der Waals surface area contributed by atoms with Gasteiger partial charge in [-0.2, -0.15) is 8.42 Å². The predicted molar refractivity (Wildman–Crippen MR) is 45.6 cm³/mol. The fourth-order valence-electron chi connectivity index (χ4n) is 0.829. The summed E-state index contributed by atoms with van der Waals surface area (Å²) in [7, 11) is -4.70. The number of hydrogen-bond acceptors (Lipinski definition) is 4. The summed E-state index contributed by atoms with van der Waals surface area (Å²) in [6.45, 7) is 0. The first-order valence-corrected chi connectivity index (χ1v) is 4.76. The van der Waals surface area contributed by atoms with Crippen LogP contribution in [-0.2, 0) is 32.8 Å². The minimum absolute atomic E-state index is 0. The van der Waals surface area contributed by atoms with Gasteiger partial charge < -0.3 is 9.29 Å². The van der Waals surface area contributed by atoms with Gasteiger partial charge in [0, 0.05) is 22.4 Å². The maximum absolute atomic E-state index is 10.6. The molecular weight excluding hydrogens is 320 g/mol. The van der Waals surface area contributed by atoms with Crippen molar-refractivity contribution in [2.45, 2.75) is 0 Å². The molecule has 1 aromatic carbocycles. The Bertz CT molecular complexity index is 454. The summed E-state index contributed by atoms with van der Waals surface area (Å²) < 4.78 is 33.0. The standard InChI is InChI=1S/C7H6O6S.Ag/c8-7(9)5-3-1-2-4-6(5)13-14(10,11)12;/h1-4H,(H,8,9)(H,10,11,12);. The number of benzene rings is 1. The largest absolute Gasteiger partial charge is 0.478 e. The van der Waals surface area contributed by atoms with Crippen LogP contribution in [0, 0.1) is 0 Å². The summed E-state index contributed by atoms with van der Waals surface area (Å²) in [5, 5.41) is 8.61. The zero-order valence-electron chi connectivity index (χ0n) is 7.05. The number of carboxylic acid groups (broad SMARTS) is 1. The Labute approximate surface area is 101 Å². The van der Waals surface area contributed by atoms with Crippen molar-refractivity contribution >= 4 is 16.4 Å². The average molecular weight is 326 g/mol. The van der Waals surface area contributed by atoms with Gasteiger partial charge in [0.2, 0.25) is 0 Å². The molecule has 6 nitrogen and oxygen atoms in total. The van der Waals surface area contributed by atoms with Crippen LogP contribution in [0.3, 0.4) is 0 Å². The van der Waals surface area contributed by atoms with Crippen molar-refractivity contribution in [3.8, 4) is 5.75 Å². The Morgan fingerprint density at radius 3 is 2.27 bits per heavy atom. The molecule has 0 amide bonds. The van der Waals surface area contributed by atoms with E-state index >= 15 is 0 Å². The van der Waals surface area contributed by atoms with Crippen molar-refractivity contribution in [2.24, 2.45) is 0 Å². The van der Waals surface area contributed by atoms with Crippen LogP contribution in [0.2, 0.25) is 0 Å². The van der Waals surface area contributed by atoms with Gasteiger partial charge in [-0.3, -0.25) is 4.55 Å². The average Bonchev–Trinajstić information content (AvgIpc) is 2.01. The van der Waals surface area contributed by atoms with Gasteiger partial charge in [0.05, 0.1) is 0 Å². The van der Waals surface area contributed by atoms with Crippen LogP contribution >= 0.6 is 0 Å². The van der Waals surface area contributed by atoms with Crippen molar-refractivity contribution in [1.82, 2.24) is 0 Å². The van der Waals surface area contributed by atoms with E-state index in [0.717, 1.165) is 12.1 Å². The van der Waals surface area contributed by atoms with E-state index in [4.69, 9.17) is 9.66 Å². The van der Waals surface area contributed by atoms with E-state index in [9.17, 15) is 13.2 Å². The molecule has 0 spiro atoms. The molecule has 1 rings (SSSR count). The third-order valence-corrected chi connectivity index (χ3v) is 1.70. The molecule has 0 unspecified atom stereocenters. The maximum Gasteiger partial charge on any atom is 0.446 e. The molecular formula is C7H6AgO6S. The summed E-state index contributed by atoms with van der Waals surface area (Å²) in [6, 6.07) is 5.06. The molecule has 0 fully saturated rings. The normalized spacial score (nSPS) is 10.2. The Morgan fingerprint density at radius 2 is 1.80 bits per heavy atom. The van der Waals surface area contributed by atoms with Gasteiger partial charge in [0.15, 0.2) is 5.75 Å². The van der Waals surface area contributed by atoms with E-state index in [1.54, 1.807) is 0 Å². The molecule has 0 aliphatic rings. The molecule has 0 bridgehead atoms. The molecule has 8 heteroatoms. The first kappa shape index (κ1) is 14.1. The first-order valence-electron chi connectivity index (χ1n) is 3.39. The van der Waals surface area contributed by atoms with Crippen LogP contribution in [0.1, 0.15) is 10.4 Å². The van der Waals surface area contributed by atoms with E-state index in [2.05, 4.69) is 4.18 Å². The van der Waals surface area contributed by atoms with E-state index in [1.807, 2.05) is 0 Å². The number of hydrogen-bond donors (Lipinski definition) is 2. The second kappa shape index (κ2) is 5.29. The van der Waals surface area contributed by atoms with Gasteiger partial charge in [-0.15, -0.1) is 0 Å². The summed E-state index contributed by atoms with van der Waals surface area (Å²) in [5.41, 5.74) is -0.342. The Hall–Kier alpha value is -0.860. The van der Waals surface area contributed by atoms with Crippen molar-refractivity contribution in [1.29, 1.82) is 0 Å². The number of carboxylic acids is 1. The fourth-order valence-corrected chi connectivity index (χ4v) is 1.20. The van der Waals surface area contributed by atoms with E-state index in [0.29, 0.717) is 0 Å². The molecule has 15 heavy (non-hydrogen) atoms. The molecule has 0 aliphatic carbocycles. The summed E-state index contributed by atoms with van der Waals surface area (Å²) >= 11 is 0. The summed E-state index contributed by atoms with van der Waals surface area (Å²) in [4.78, 5) is 10.6. The quantitative estimate of drug-likeness (QED) is 0.622.